The number of hydrogen-bond donors (Lipinski definition) is 1. The van der Waals surface area contributed by atoms with Crippen LogP contribution in [0.25, 0.3) is 0 Å². The van der Waals surface area contributed by atoms with Crippen molar-refractivity contribution < 1.29 is 0 Å². The molecule has 0 aliphatic heterocycles. The number of aryl methyl sites for hydroxylation is 1. The summed E-state index contributed by atoms with van der Waals surface area (Å²) in [6, 6.07) is 8.93. The van der Waals surface area contributed by atoms with Gasteiger partial charge >= 0.3 is 0 Å². The fraction of sp³-hybridized carbons (Fsp3) is 0.400. The van der Waals surface area contributed by atoms with E-state index in [1.807, 2.05) is 13.2 Å². The van der Waals surface area contributed by atoms with Crippen molar-refractivity contribution in [3.63, 3.8) is 0 Å². The average Bonchev–Trinajstić information content (AvgIpc) is 2.75. The van der Waals surface area contributed by atoms with Crippen molar-refractivity contribution in [2.75, 3.05) is 7.05 Å². The number of aromatic nitrogens is 2. The lowest BCUT2D eigenvalue weighted by atomic mass is 9.98. The van der Waals surface area contributed by atoms with Crippen molar-refractivity contribution in [1.29, 1.82) is 0 Å². The Bertz CT molecular complexity index is 560. The Balaban J connectivity index is 2.55. The number of nitrogens with one attached hydrogen (secondary N) is 1. The van der Waals surface area contributed by atoms with Gasteiger partial charge in [0.1, 0.15) is 0 Å². The molecule has 0 amide bonds. The Morgan fingerprint density at radius 3 is 2.53 bits per heavy atom. The molecule has 1 aromatic heterocycles. The first-order valence-corrected chi connectivity index (χ1v) is 7.31. The molecule has 3 nitrogen and oxygen atoms in total. The lowest BCUT2D eigenvalue weighted by Gasteiger charge is -2.22. The molecule has 0 radical (unpaired) electrons. The van der Waals surface area contributed by atoms with E-state index in [9.17, 15) is 0 Å². The molecule has 1 unspecified atom stereocenters. The van der Waals surface area contributed by atoms with Crippen LogP contribution in [0.3, 0.4) is 0 Å². The number of benzene rings is 1. The molecule has 19 heavy (non-hydrogen) atoms. The highest BCUT2D eigenvalue weighted by molar-refractivity contribution is 9.10. The Hall–Kier alpha value is -1.13. The zero-order chi connectivity index (χ0) is 14.0. The Morgan fingerprint density at radius 1 is 1.26 bits per heavy atom. The molecule has 0 bridgehead atoms. The third-order valence-electron chi connectivity index (χ3n) is 3.34. The van der Waals surface area contributed by atoms with Crippen molar-refractivity contribution in [3.8, 4) is 0 Å². The topological polar surface area (TPSA) is 29.9 Å². The summed E-state index contributed by atoms with van der Waals surface area (Å²) in [6.45, 7) is 6.44. The summed E-state index contributed by atoms with van der Waals surface area (Å²) in [6.07, 6.45) is 1.87. The van der Waals surface area contributed by atoms with Crippen LogP contribution in [0.4, 0.5) is 0 Å². The Morgan fingerprint density at radius 2 is 1.95 bits per heavy atom. The number of nitrogens with zero attached hydrogens (tertiary/aromatic N) is 2. The van der Waals surface area contributed by atoms with Crippen LogP contribution in [-0.4, -0.2) is 16.8 Å². The molecule has 2 aromatic rings. The second-order valence-electron chi connectivity index (χ2n) is 4.99. The first-order chi connectivity index (χ1) is 9.06. The van der Waals surface area contributed by atoms with Crippen molar-refractivity contribution in [2.45, 2.75) is 32.9 Å². The maximum Gasteiger partial charge on any atom is 0.0760 e. The average molecular weight is 322 g/mol. The second-order valence-corrected chi connectivity index (χ2v) is 5.85. The molecule has 1 atom stereocenters. The van der Waals surface area contributed by atoms with E-state index >= 15 is 0 Å². The molecule has 0 saturated carbocycles. The highest BCUT2D eigenvalue weighted by atomic mass is 79.9. The minimum Gasteiger partial charge on any atom is -0.308 e. The van der Waals surface area contributed by atoms with Crippen LogP contribution in [0.2, 0.25) is 0 Å². The zero-order valence-electron chi connectivity index (χ0n) is 11.8. The first kappa shape index (κ1) is 14.3. The molecule has 0 aliphatic carbocycles. The van der Waals surface area contributed by atoms with Crippen molar-refractivity contribution in [2.24, 2.45) is 0 Å². The third-order valence-corrected chi connectivity index (χ3v) is 3.95. The fourth-order valence-corrected chi connectivity index (χ4v) is 2.88. The van der Waals surface area contributed by atoms with E-state index in [0.717, 1.165) is 4.47 Å². The monoisotopic (exact) mass is 321 g/mol. The molecule has 1 aromatic carbocycles. The minimum absolute atomic E-state index is 0.139. The van der Waals surface area contributed by atoms with Gasteiger partial charge in [0.25, 0.3) is 0 Å². The van der Waals surface area contributed by atoms with Crippen LogP contribution in [0.1, 0.15) is 42.8 Å². The quantitative estimate of drug-likeness (QED) is 0.927. The third kappa shape index (κ3) is 2.74. The highest BCUT2D eigenvalue weighted by Crippen LogP contribution is 2.31. The van der Waals surface area contributed by atoms with Crippen molar-refractivity contribution in [1.82, 2.24) is 15.1 Å². The molecule has 4 heteroatoms. The van der Waals surface area contributed by atoms with Gasteiger partial charge in [0.2, 0.25) is 0 Å². The molecule has 0 spiro atoms. The smallest absolute Gasteiger partial charge is 0.0760 e. The van der Waals surface area contributed by atoms with Gasteiger partial charge < -0.3 is 5.32 Å². The molecule has 1 heterocycles. The first-order valence-electron chi connectivity index (χ1n) is 6.52. The van der Waals surface area contributed by atoms with Gasteiger partial charge in [-0.2, -0.15) is 5.10 Å². The Labute approximate surface area is 123 Å². The summed E-state index contributed by atoms with van der Waals surface area (Å²) in [7, 11) is 1.99. The summed E-state index contributed by atoms with van der Waals surface area (Å²) in [5, 5.41) is 7.88. The van der Waals surface area contributed by atoms with Crippen LogP contribution in [0.15, 0.2) is 34.9 Å². The van der Waals surface area contributed by atoms with Gasteiger partial charge in [-0.25, -0.2) is 0 Å². The maximum absolute atomic E-state index is 4.47. The second kappa shape index (κ2) is 5.88. The fourth-order valence-electron chi connectivity index (χ4n) is 2.38. The maximum atomic E-state index is 4.47. The van der Waals surface area contributed by atoms with E-state index in [-0.39, 0.29) is 6.04 Å². The van der Waals surface area contributed by atoms with E-state index in [1.54, 1.807) is 0 Å². The highest BCUT2D eigenvalue weighted by Gasteiger charge is 2.22. The summed E-state index contributed by atoms with van der Waals surface area (Å²) in [5.41, 5.74) is 3.74. The summed E-state index contributed by atoms with van der Waals surface area (Å²) in [4.78, 5) is 0. The number of halogens is 1. The van der Waals surface area contributed by atoms with Crippen LogP contribution in [0.5, 0.6) is 0 Å². The molecule has 0 saturated heterocycles. The van der Waals surface area contributed by atoms with E-state index in [4.69, 9.17) is 0 Å². The van der Waals surface area contributed by atoms with Gasteiger partial charge in [0.05, 0.1) is 22.4 Å². The Kier molecular flexibility index (Phi) is 4.42. The summed E-state index contributed by atoms with van der Waals surface area (Å²) in [5.74, 6) is 0. The standard InChI is InChI=1S/C15H20BrN3/c1-10(2)19-15(13(16)9-18-19)14(17-4)12-8-6-5-7-11(12)3/h5-10,14,17H,1-4H3. The van der Waals surface area contributed by atoms with Gasteiger partial charge in [-0.15, -0.1) is 0 Å². The molecule has 0 fully saturated rings. The predicted molar refractivity (Wildman–Crippen MR) is 82.4 cm³/mol. The largest absolute Gasteiger partial charge is 0.308 e. The molecule has 2 rings (SSSR count). The lowest BCUT2D eigenvalue weighted by Crippen LogP contribution is -2.23. The number of rotatable bonds is 4. The molecule has 0 aliphatic rings. The van der Waals surface area contributed by atoms with Crippen molar-refractivity contribution in [3.05, 3.63) is 51.8 Å². The van der Waals surface area contributed by atoms with Gasteiger partial charge in [0.15, 0.2) is 0 Å². The normalized spacial score (nSPS) is 12.9. The molecule has 1 N–H and O–H groups in total. The van der Waals surface area contributed by atoms with E-state index < -0.39 is 0 Å². The van der Waals surface area contributed by atoms with Crippen LogP contribution in [-0.2, 0) is 0 Å². The molecular weight excluding hydrogens is 302 g/mol. The van der Waals surface area contributed by atoms with Gasteiger partial charge in [-0.3, -0.25) is 4.68 Å². The summed E-state index contributed by atoms with van der Waals surface area (Å²) < 4.78 is 3.11. The predicted octanol–water partition coefficient (Wildman–Crippen LogP) is 3.84. The summed E-state index contributed by atoms with van der Waals surface area (Å²) >= 11 is 3.63. The molecule has 102 valence electrons. The number of hydrogen-bond acceptors (Lipinski definition) is 2. The van der Waals surface area contributed by atoms with Crippen LogP contribution >= 0.6 is 15.9 Å². The van der Waals surface area contributed by atoms with E-state index in [0.29, 0.717) is 6.04 Å². The van der Waals surface area contributed by atoms with Crippen molar-refractivity contribution >= 4 is 15.9 Å². The van der Waals surface area contributed by atoms with Gasteiger partial charge in [-0.1, -0.05) is 24.3 Å². The SMILES string of the molecule is CNC(c1ccccc1C)c1c(Br)cnn1C(C)C. The minimum atomic E-state index is 0.139. The molecular formula is C15H20BrN3. The van der Waals surface area contributed by atoms with Crippen LogP contribution in [0, 0.1) is 6.92 Å². The van der Waals surface area contributed by atoms with E-state index in [1.165, 1.54) is 16.8 Å². The van der Waals surface area contributed by atoms with E-state index in [2.05, 4.69) is 76.1 Å². The van der Waals surface area contributed by atoms with Gasteiger partial charge in [-0.05, 0) is 54.9 Å². The van der Waals surface area contributed by atoms with Gasteiger partial charge in [0, 0.05) is 6.04 Å². The zero-order valence-corrected chi connectivity index (χ0v) is 13.4. The van der Waals surface area contributed by atoms with Crippen LogP contribution < -0.4 is 5.32 Å². The lowest BCUT2D eigenvalue weighted by molar-refractivity contribution is 0.482.